The minimum atomic E-state index is -4.71. The van der Waals surface area contributed by atoms with E-state index in [9.17, 15) is 22.4 Å². The van der Waals surface area contributed by atoms with Gasteiger partial charge in [0.15, 0.2) is 5.69 Å². The summed E-state index contributed by atoms with van der Waals surface area (Å²) >= 11 is 0. The molecule has 0 spiro atoms. The summed E-state index contributed by atoms with van der Waals surface area (Å²) in [6, 6.07) is 6.64. The molecule has 0 atom stereocenters. The summed E-state index contributed by atoms with van der Waals surface area (Å²) in [5, 5.41) is 0. The number of benzene rings is 1. The van der Waals surface area contributed by atoms with Crippen molar-refractivity contribution in [2.75, 3.05) is 18.0 Å². The smallest absolute Gasteiger partial charge is 0.369 e. The zero-order valence-electron chi connectivity index (χ0n) is 21.3. The van der Waals surface area contributed by atoms with Crippen LogP contribution in [0.3, 0.4) is 0 Å². The molecule has 1 aliphatic rings. The molecule has 0 unspecified atom stereocenters. The molecule has 38 heavy (non-hydrogen) atoms. The van der Waals surface area contributed by atoms with Crippen molar-refractivity contribution in [1.29, 1.82) is 0 Å². The lowest BCUT2D eigenvalue weighted by Crippen LogP contribution is -2.36. The summed E-state index contributed by atoms with van der Waals surface area (Å²) in [5.41, 5.74) is 0.693. The Balaban J connectivity index is 0.00000164. The Kier molecular flexibility index (Phi) is 8.03. The second-order valence-electron chi connectivity index (χ2n) is 8.80. The number of para-hydroxylation sites is 1. The van der Waals surface area contributed by atoms with Gasteiger partial charge in [-0.2, -0.15) is 13.2 Å². The van der Waals surface area contributed by atoms with Crippen molar-refractivity contribution in [3.05, 3.63) is 87.9 Å². The van der Waals surface area contributed by atoms with Crippen LogP contribution in [0.15, 0.2) is 54.0 Å². The average Bonchev–Trinajstić information content (AvgIpc) is 2.91. The van der Waals surface area contributed by atoms with Gasteiger partial charge in [-0.3, -0.25) is 14.3 Å². The normalized spacial score (nSPS) is 14.3. The number of aryl methyl sites for hydroxylation is 1. The van der Waals surface area contributed by atoms with Gasteiger partial charge in [-0.25, -0.2) is 19.3 Å². The first-order valence-corrected chi connectivity index (χ1v) is 12.4. The second kappa shape index (κ2) is 11.2. The minimum absolute atomic E-state index is 0.157. The Morgan fingerprint density at radius 1 is 1.05 bits per heavy atom. The molecular formula is C27H28F4N6O. The minimum Gasteiger partial charge on any atom is -0.369 e. The summed E-state index contributed by atoms with van der Waals surface area (Å²) < 4.78 is 56.3. The maximum atomic E-state index is 14.5. The number of pyridine rings is 1. The van der Waals surface area contributed by atoms with E-state index in [-0.39, 0.29) is 17.4 Å². The van der Waals surface area contributed by atoms with Crippen molar-refractivity contribution in [1.82, 2.24) is 24.5 Å². The van der Waals surface area contributed by atoms with Gasteiger partial charge in [0.2, 0.25) is 0 Å². The molecule has 200 valence electrons. The van der Waals surface area contributed by atoms with E-state index >= 15 is 0 Å². The molecule has 3 aromatic heterocycles. The first-order valence-electron chi connectivity index (χ1n) is 12.4. The third kappa shape index (κ3) is 5.36. The Morgan fingerprint density at radius 2 is 1.76 bits per heavy atom. The maximum absolute atomic E-state index is 14.5. The van der Waals surface area contributed by atoms with Gasteiger partial charge in [-0.1, -0.05) is 26.0 Å². The Labute approximate surface area is 217 Å². The van der Waals surface area contributed by atoms with Gasteiger partial charge in [0.25, 0.3) is 5.56 Å². The molecule has 4 heterocycles. The molecule has 1 aliphatic heterocycles. The molecule has 0 N–H and O–H groups in total. The van der Waals surface area contributed by atoms with Crippen LogP contribution < -0.4 is 10.5 Å². The van der Waals surface area contributed by atoms with Crippen LogP contribution in [-0.2, 0) is 12.7 Å². The number of halogens is 4. The number of nitrogens with zero attached hydrogens (tertiary/aromatic N) is 6. The summed E-state index contributed by atoms with van der Waals surface area (Å²) in [6.45, 7) is 6.51. The number of aromatic nitrogens is 5. The van der Waals surface area contributed by atoms with Gasteiger partial charge in [-0.15, -0.1) is 0 Å². The van der Waals surface area contributed by atoms with Crippen LogP contribution in [0.1, 0.15) is 55.1 Å². The molecule has 7 nitrogen and oxygen atoms in total. The molecule has 1 saturated heterocycles. The molecule has 0 bridgehead atoms. The fourth-order valence-corrected chi connectivity index (χ4v) is 4.88. The summed E-state index contributed by atoms with van der Waals surface area (Å²) in [6.07, 6.45) is 1.32. The van der Waals surface area contributed by atoms with Gasteiger partial charge in [0, 0.05) is 31.0 Å². The molecule has 11 heteroatoms. The molecule has 0 amide bonds. The summed E-state index contributed by atoms with van der Waals surface area (Å²) in [5.74, 6) is -0.446. The van der Waals surface area contributed by atoms with Gasteiger partial charge >= 0.3 is 6.18 Å². The average molecular weight is 529 g/mol. The van der Waals surface area contributed by atoms with Crippen molar-refractivity contribution in [3.8, 4) is 0 Å². The van der Waals surface area contributed by atoms with Crippen LogP contribution in [0.2, 0.25) is 0 Å². The van der Waals surface area contributed by atoms with Crippen LogP contribution in [-0.4, -0.2) is 37.6 Å². The van der Waals surface area contributed by atoms with Crippen molar-refractivity contribution in [3.63, 3.8) is 0 Å². The molecule has 1 fully saturated rings. The van der Waals surface area contributed by atoms with Crippen LogP contribution >= 0.6 is 0 Å². The van der Waals surface area contributed by atoms with E-state index in [2.05, 4.69) is 19.9 Å². The Hall–Kier alpha value is -3.89. The zero-order valence-corrected chi connectivity index (χ0v) is 21.3. The predicted octanol–water partition coefficient (Wildman–Crippen LogP) is 5.51. The maximum Gasteiger partial charge on any atom is 0.435 e. The van der Waals surface area contributed by atoms with E-state index in [0.717, 1.165) is 11.8 Å². The molecule has 1 aromatic carbocycles. The third-order valence-corrected chi connectivity index (χ3v) is 6.59. The first-order chi connectivity index (χ1) is 18.2. The largest absolute Gasteiger partial charge is 0.435 e. The van der Waals surface area contributed by atoms with Crippen LogP contribution in [0.4, 0.5) is 23.2 Å². The monoisotopic (exact) mass is 528 g/mol. The van der Waals surface area contributed by atoms with Gasteiger partial charge in [0.05, 0.1) is 35.2 Å². The van der Waals surface area contributed by atoms with Crippen molar-refractivity contribution in [2.24, 2.45) is 0 Å². The van der Waals surface area contributed by atoms with Crippen LogP contribution in [0.5, 0.6) is 0 Å². The van der Waals surface area contributed by atoms with E-state index in [1.165, 1.54) is 29.4 Å². The highest BCUT2D eigenvalue weighted by Crippen LogP contribution is 2.33. The van der Waals surface area contributed by atoms with Crippen LogP contribution in [0.25, 0.3) is 11.0 Å². The van der Waals surface area contributed by atoms with E-state index < -0.39 is 24.0 Å². The molecule has 4 aromatic rings. The molecular weight excluding hydrogens is 500 g/mol. The van der Waals surface area contributed by atoms with Crippen molar-refractivity contribution < 1.29 is 17.6 Å². The highest BCUT2D eigenvalue weighted by atomic mass is 19.4. The number of rotatable bonds is 4. The Morgan fingerprint density at radius 3 is 2.45 bits per heavy atom. The van der Waals surface area contributed by atoms with E-state index in [1.807, 2.05) is 31.7 Å². The third-order valence-electron chi connectivity index (χ3n) is 6.59. The summed E-state index contributed by atoms with van der Waals surface area (Å²) in [4.78, 5) is 31.1. The quantitative estimate of drug-likeness (QED) is 0.325. The highest BCUT2D eigenvalue weighted by Gasteiger charge is 2.36. The highest BCUT2D eigenvalue weighted by molar-refractivity contribution is 5.74. The molecule has 0 aliphatic carbocycles. The number of hydrogen-bond donors (Lipinski definition) is 0. The Bertz CT molecular complexity index is 1460. The zero-order chi connectivity index (χ0) is 27.4. The fourth-order valence-electron chi connectivity index (χ4n) is 4.88. The SMILES string of the molecule is CC.Cc1cccc(F)c1N1CCC(c2cc3ncncc3n(Cc3nccnc3C(F)(F)F)c2=O)CC1. The van der Waals surface area contributed by atoms with Crippen molar-refractivity contribution in [2.45, 2.75) is 52.3 Å². The standard InChI is InChI=1S/C25H22F4N6O.C2H6/c1-15-3-2-4-18(26)22(15)34-9-5-16(6-10-34)17-11-19-21(12-30-14-33-19)35(24(17)36)13-20-23(25(27,28)29)32-8-7-31-20;1-2/h2-4,7-8,11-12,14,16H,5-6,9-10,13H2,1H3;1-2H3. The predicted molar refractivity (Wildman–Crippen MR) is 137 cm³/mol. The first kappa shape index (κ1) is 27.2. The fraction of sp³-hybridized carbons (Fsp3) is 0.370. The summed E-state index contributed by atoms with van der Waals surface area (Å²) in [7, 11) is 0. The molecule has 5 rings (SSSR count). The topological polar surface area (TPSA) is 76.8 Å². The lowest BCUT2D eigenvalue weighted by atomic mass is 9.89. The lowest BCUT2D eigenvalue weighted by molar-refractivity contribution is -0.142. The lowest BCUT2D eigenvalue weighted by Gasteiger charge is -2.34. The molecule has 0 saturated carbocycles. The number of fused-ring (bicyclic) bond motifs is 1. The number of alkyl halides is 3. The van der Waals surface area contributed by atoms with Crippen molar-refractivity contribution >= 4 is 16.7 Å². The second-order valence-corrected chi connectivity index (χ2v) is 8.80. The van der Waals surface area contributed by atoms with E-state index in [4.69, 9.17) is 0 Å². The van der Waals surface area contributed by atoms with Gasteiger partial charge in [-0.05, 0) is 43.4 Å². The van der Waals surface area contributed by atoms with Crippen LogP contribution in [0, 0.1) is 12.7 Å². The van der Waals surface area contributed by atoms with Gasteiger partial charge in [0.1, 0.15) is 12.1 Å². The number of piperidine rings is 1. The molecule has 0 radical (unpaired) electrons. The van der Waals surface area contributed by atoms with E-state index in [0.29, 0.717) is 48.2 Å². The van der Waals surface area contributed by atoms with Gasteiger partial charge < -0.3 is 4.90 Å². The number of anilines is 1. The number of hydrogen-bond acceptors (Lipinski definition) is 6. The van der Waals surface area contributed by atoms with E-state index in [1.54, 1.807) is 12.1 Å².